The number of hydrogen-bond acceptors (Lipinski definition) is 2. The Balaban J connectivity index is 0. The second kappa shape index (κ2) is 52.0. The Kier molecular flexibility index (Phi) is 54.1. The first-order valence-corrected chi connectivity index (χ1v) is 24.7. The van der Waals surface area contributed by atoms with Crippen LogP contribution in [0.1, 0.15) is 291 Å². The monoisotopic (exact) mass is 721 g/mol. The van der Waals surface area contributed by atoms with Gasteiger partial charge in [0.25, 0.3) is 0 Å². The summed E-state index contributed by atoms with van der Waals surface area (Å²) in [6.07, 6.45) is 59.0. The summed E-state index contributed by atoms with van der Waals surface area (Å²) in [5, 5.41) is 0. The highest BCUT2D eigenvalue weighted by molar-refractivity contribution is 4.61. The van der Waals surface area contributed by atoms with Gasteiger partial charge in [0.15, 0.2) is 0 Å². The molecule has 0 amide bonds. The Morgan fingerprint density at radius 3 is 0.549 bits per heavy atom. The van der Waals surface area contributed by atoms with Gasteiger partial charge in [-0.1, -0.05) is 265 Å². The van der Waals surface area contributed by atoms with Crippen molar-refractivity contribution in [3.8, 4) is 0 Å². The molecule has 0 rings (SSSR count). The highest BCUT2D eigenvalue weighted by Crippen LogP contribution is 2.15. The fraction of sp³-hybridized carbons (Fsp3) is 1.00. The minimum atomic E-state index is 0.872. The van der Waals surface area contributed by atoms with Crippen LogP contribution < -0.4 is 5.73 Å². The maximum absolute atomic E-state index is 5.44. The van der Waals surface area contributed by atoms with E-state index >= 15 is 0 Å². The molecule has 2 nitrogen and oxygen atoms in total. The molecule has 51 heavy (non-hydrogen) atoms. The lowest BCUT2D eigenvalue weighted by atomic mass is 10.1. The Morgan fingerprint density at radius 2 is 0.373 bits per heavy atom. The van der Waals surface area contributed by atoms with Crippen molar-refractivity contribution in [3.05, 3.63) is 0 Å². The van der Waals surface area contributed by atoms with Crippen molar-refractivity contribution in [1.29, 1.82) is 0 Å². The molecule has 0 heterocycles. The fourth-order valence-corrected chi connectivity index (χ4v) is 7.61. The maximum Gasteiger partial charge on any atom is -0.00187 e. The van der Waals surface area contributed by atoms with Gasteiger partial charge in [-0.05, 0) is 51.9 Å². The highest BCUT2D eigenvalue weighted by Gasteiger charge is 2.05. The van der Waals surface area contributed by atoms with E-state index in [9.17, 15) is 0 Å². The molecule has 0 saturated carbocycles. The van der Waals surface area contributed by atoms with Gasteiger partial charge in [0.1, 0.15) is 0 Å². The van der Waals surface area contributed by atoms with Gasteiger partial charge in [0.2, 0.25) is 0 Å². The third-order valence-electron chi connectivity index (χ3n) is 11.3. The molecular weight excluding hydrogens is 617 g/mol. The summed E-state index contributed by atoms with van der Waals surface area (Å²) in [7, 11) is 0. The smallest absolute Gasteiger partial charge is 0.00187 e. The first kappa shape index (κ1) is 53.0. The normalized spacial score (nSPS) is 11.4. The van der Waals surface area contributed by atoms with Crippen LogP contribution in [0.2, 0.25) is 0 Å². The predicted molar refractivity (Wildman–Crippen MR) is 237 cm³/mol. The predicted octanol–water partition coefficient (Wildman–Crippen LogP) is 17.3. The van der Waals surface area contributed by atoms with E-state index in [4.69, 9.17) is 5.73 Å². The van der Waals surface area contributed by atoms with Crippen LogP contribution in [-0.2, 0) is 0 Å². The quantitative estimate of drug-likeness (QED) is 0.0635. The number of nitrogens with two attached hydrogens (primary N) is 1. The molecule has 0 bridgehead atoms. The second-order valence-corrected chi connectivity index (χ2v) is 16.7. The van der Waals surface area contributed by atoms with Crippen LogP contribution in [0.15, 0.2) is 0 Å². The zero-order valence-electron chi connectivity index (χ0n) is 36.8. The molecule has 0 radical (unpaired) electrons. The van der Waals surface area contributed by atoms with Gasteiger partial charge in [-0.3, -0.25) is 0 Å². The number of unbranched alkanes of at least 4 members (excludes halogenated alkanes) is 37. The van der Waals surface area contributed by atoms with Crippen molar-refractivity contribution in [2.45, 2.75) is 291 Å². The zero-order chi connectivity index (χ0) is 37.4. The fourth-order valence-electron chi connectivity index (χ4n) is 7.61. The van der Waals surface area contributed by atoms with Crippen LogP contribution in [0, 0.1) is 0 Å². The van der Waals surface area contributed by atoms with Gasteiger partial charge in [0, 0.05) is 0 Å². The standard InChI is InChI=1S/C36H75N.C13H29N/c1-4-7-10-13-16-19-22-25-28-31-34-37(35-32-29-26-23-20-17-14-11-8-5-2)36-33-30-27-24-21-18-15-12-9-6-3;1-2-3-4-5-6-7-8-9-10-11-12-13-14/h4-36H2,1-3H3;2-14H2,1H3. The van der Waals surface area contributed by atoms with Crippen LogP contribution in [0.25, 0.3) is 0 Å². The Labute approximate surface area is 326 Å². The lowest BCUT2D eigenvalue weighted by Crippen LogP contribution is -2.27. The second-order valence-electron chi connectivity index (χ2n) is 16.7. The third-order valence-corrected chi connectivity index (χ3v) is 11.3. The molecule has 0 aliphatic carbocycles. The van der Waals surface area contributed by atoms with Crippen LogP contribution in [-0.4, -0.2) is 31.1 Å². The summed E-state index contributed by atoms with van der Waals surface area (Å²) in [5.74, 6) is 0. The van der Waals surface area contributed by atoms with E-state index in [1.165, 1.54) is 283 Å². The topological polar surface area (TPSA) is 29.3 Å². The van der Waals surface area contributed by atoms with Gasteiger partial charge in [-0.2, -0.15) is 0 Å². The summed E-state index contributed by atoms with van der Waals surface area (Å²) in [6.45, 7) is 14.2. The summed E-state index contributed by atoms with van der Waals surface area (Å²) in [5.41, 5.74) is 5.44. The maximum atomic E-state index is 5.44. The summed E-state index contributed by atoms with van der Waals surface area (Å²) in [6, 6.07) is 0. The van der Waals surface area contributed by atoms with Crippen molar-refractivity contribution >= 4 is 0 Å². The van der Waals surface area contributed by atoms with Crippen LogP contribution in [0.4, 0.5) is 0 Å². The van der Waals surface area contributed by atoms with Gasteiger partial charge in [-0.15, -0.1) is 0 Å². The third kappa shape index (κ3) is 52.1. The molecule has 310 valence electrons. The number of hydrogen-bond donors (Lipinski definition) is 1. The molecule has 0 aromatic rings. The minimum absolute atomic E-state index is 0.872. The summed E-state index contributed by atoms with van der Waals surface area (Å²) >= 11 is 0. The van der Waals surface area contributed by atoms with Crippen LogP contribution >= 0.6 is 0 Å². The molecule has 0 aromatic heterocycles. The Morgan fingerprint density at radius 1 is 0.216 bits per heavy atom. The van der Waals surface area contributed by atoms with Gasteiger partial charge in [-0.25, -0.2) is 0 Å². The average molecular weight is 721 g/mol. The summed E-state index contributed by atoms with van der Waals surface area (Å²) in [4.78, 5) is 2.85. The molecule has 0 fully saturated rings. The van der Waals surface area contributed by atoms with Crippen LogP contribution in [0.3, 0.4) is 0 Å². The first-order valence-electron chi connectivity index (χ1n) is 24.7. The van der Waals surface area contributed by atoms with Gasteiger partial charge < -0.3 is 10.6 Å². The Hall–Kier alpha value is -0.0800. The average Bonchev–Trinajstić information content (AvgIpc) is 3.14. The van der Waals surface area contributed by atoms with Crippen molar-refractivity contribution in [3.63, 3.8) is 0 Å². The molecule has 0 aliphatic heterocycles. The van der Waals surface area contributed by atoms with Gasteiger partial charge in [0.05, 0.1) is 0 Å². The molecule has 2 heteroatoms. The number of rotatable bonds is 44. The van der Waals surface area contributed by atoms with Crippen molar-refractivity contribution < 1.29 is 0 Å². The molecular formula is C49H104N2. The van der Waals surface area contributed by atoms with E-state index in [0.29, 0.717) is 0 Å². The largest absolute Gasteiger partial charge is 0.330 e. The van der Waals surface area contributed by atoms with E-state index < -0.39 is 0 Å². The lowest BCUT2D eigenvalue weighted by Gasteiger charge is -2.22. The van der Waals surface area contributed by atoms with Gasteiger partial charge >= 0.3 is 0 Å². The van der Waals surface area contributed by atoms with Crippen LogP contribution in [0.5, 0.6) is 0 Å². The first-order chi connectivity index (χ1) is 25.3. The summed E-state index contributed by atoms with van der Waals surface area (Å²) < 4.78 is 0. The van der Waals surface area contributed by atoms with Crippen molar-refractivity contribution in [2.24, 2.45) is 5.73 Å². The lowest BCUT2D eigenvalue weighted by molar-refractivity contribution is 0.254. The van der Waals surface area contributed by atoms with Crippen molar-refractivity contribution in [1.82, 2.24) is 4.90 Å². The van der Waals surface area contributed by atoms with Crippen molar-refractivity contribution in [2.75, 3.05) is 26.2 Å². The van der Waals surface area contributed by atoms with E-state index in [1.807, 2.05) is 0 Å². The molecule has 2 N–H and O–H groups in total. The minimum Gasteiger partial charge on any atom is -0.330 e. The molecule has 0 atom stereocenters. The highest BCUT2D eigenvalue weighted by atomic mass is 15.1. The van der Waals surface area contributed by atoms with E-state index in [-0.39, 0.29) is 0 Å². The molecule has 0 unspecified atom stereocenters. The molecule has 0 saturated heterocycles. The van der Waals surface area contributed by atoms with E-state index in [2.05, 4.69) is 32.6 Å². The number of nitrogens with zero attached hydrogens (tertiary/aromatic N) is 1. The Bertz CT molecular complexity index is 479. The zero-order valence-corrected chi connectivity index (χ0v) is 36.8. The SMILES string of the molecule is CCCCCCCCCCCCCN.CCCCCCCCCCCCN(CCCCCCCCCCCC)CCCCCCCCCCCC. The van der Waals surface area contributed by atoms with E-state index in [1.54, 1.807) is 0 Å². The van der Waals surface area contributed by atoms with E-state index in [0.717, 1.165) is 6.54 Å². The molecule has 0 aliphatic rings. The molecule has 0 aromatic carbocycles. The molecule has 0 spiro atoms.